The Morgan fingerprint density at radius 3 is 2.20 bits per heavy atom. The van der Waals surface area contributed by atoms with Gasteiger partial charge in [0.1, 0.15) is 4.90 Å². The van der Waals surface area contributed by atoms with Crippen LogP contribution in [-0.2, 0) is 24.1 Å². The Kier molecular flexibility index (Phi) is 4.08. The summed E-state index contributed by atoms with van der Waals surface area (Å²) < 4.78 is 56.1. The van der Waals surface area contributed by atoms with Crippen molar-refractivity contribution < 1.29 is 17.2 Å². The Bertz CT molecular complexity index is 1170. The maximum atomic E-state index is 13.3. The number of nitrogens with one attached hydrogen (secondary N) is 1. The van der Waals surface area contributed by atoms with Crippen molar-refractivity contribution in [2.75, 3.05) is 4.72 Å². The molecule has 1 N–H and O–H groups in total. The third-order valence-electron chi connectivity index (χ3n) is 3.79. The molecule has 0 saturated heterocycles. The molecule has 25 heavy (non-hydrogen) atoms. The van der Waals surface area contributed by atoms with E-state index in [1.807, 2.05) is 0 Å². The smallest absolute Gasteiger partial charge is 0.295 e. The fourth-order valence-electron chi connectivity index (χ4n) is 2.48. The molecule has 0 fully saturated rings. The van der Waals surface area contributed by atoms with Gasteiger partial charge in [-0.2, -0.15) is 0 Å². The van der Waals surface area contributed by atoms with E-state index in [4.69, 9.17) is 11.6 Å². The van der Waals surface area contributed by atoms with Gasteiger partial charge in [-0.15, -0.1) is 0 Å². The lowest BCUT2D eigenvalue weighted by Gasteiger charge is -2.10. The predicted molar refractivity (Wildman–Crippen MR) is 90.3 cm³/mol. The van der Waals surface area contributed by atoms with Gasteiger partial charge in [-0.05, 0) is 24.3 Å². The Morgan fingerprint density at radius 2 is 1.60 bits per heavy atom. The molecule has 3 aromatic rings. The number of hydrogen-bond acceptors (Lipinski definition) is 3. The summed E-state index contributed by atoms with van der Waals surface area (Å²) >= 11 is 6.07. The SMILES string of the molecule is Cn1c(=O)n(C)c2cc(S(=O)(=O)Nc3ccc(F)c(F)c3)c(Cl)cc21. The van der Waals surface area contributed by atoms with Gasteiger partial charge < -0.3 is 0 Å². The second-order valence-corrected chi connectivity index (χ2v) is 7.46. The minimum atomic E-state index is -4.18. The van der Waals surface area contributed by atoms with Crippen LogP contribution in [0, 0.1) is 11.6 Å². The van der Waals surface area contributed by atoms with E-state index in [2.05, 4.69) is 4.72 Å². The summed E-state index contributed by atoms with van der Waals surface area (Å²) in [5.41, 5.74) is 0.332. The van der Waals surface area contributed by atoms with Crippen LogP contribution in [0.2, 0.25) is 5.02 Å². The van der Waals surface area contributed by atoms with Gasteiger partial charge >= 0.3 is 5.69 Å². The van der Waals surface area contributed by atoms with Crippen LogP contribution in [0.1, 0.15) is 0 Å². The standard InChI is InChI=1S/C15H12ClF2N3O3S/c1-20-12-6-9(16)14(7-13(12)21(2)15(20)22)25(23,24)19-8-3-4-10(17)11(18)5-8/h3-7,19H,1-2H3. The number of fused-ring (bicyclic) bond motifs is 1. The van der Waals surface area contributed by atoms with E-state index in [1.54, 1.807) is 0 Å². The quantitative estimate of drug-likeness (QED) is 0.750. The number of hydrogen-bond donors (Lipinski definition) is 1. The average molecular weight is 388 g/mol. The van der Waals surface area contributed by atoms with Crippen molar-refractivity contribution in [2.24, 2.45) is 14.1 Å². The third kappa shape index (κ3) is 2.89. The highest BCUT2D eigenvalue weighted by Gasteiger charge is 2.22. The molecule has 0 atom stereocenters. The minimum absolute atomic E-state index is 0.108. The molecule has 0 aliphatic rings. The number of anilines is 1. The van der Waals surface area contributed by atoms with E-state index >= 15 is 0 Å². The second-order valence-electron chi connectivity index (χ2n) is 5.41. The first-order chi connectivity index (χ1) is 11.6. The van der Waals surface area contributed by atoms with Crippen molar-refractivity contribution in [1.82, 2.24) is 9.13 Å². The van der Waals surface area contributed by atoms with Crippen LogP contribution in [-0.4, -0.2) is 17.6 Å². The number of sulfonamides is 1. The second kappa shape index (κ2) is 5.85. The number of rotatable bonds is 3. The molecule has 6 nitrogen and oxygen atoms in total. The summed E-state index contributed by atoms with van der Waals surface area (Å²) in [5.74, 6) is -2.28. The summed E-state index contributed by atoms with van der Waals surface area (Å²) in [7, 11) is -1.15. The zero-order valence-electron chi connectivity index (χ0n) is 13.0. The first-order valence-electron chi connectivity index (χ1n) is 6.94. The molecule has 0 unspecified atom stereocenters. The van der Waals surface area contributed by atoms with Gasteiger partial charge in [-0.3, -0.25) is 13.9 Å². The zero-order valence-corrected chi connectivity index (χ0v) is 14.6. The van der Waals surface area contributed by atoms with Crippen LogP contribution in [0.4, 0.5) is 14.5 Å². The summed E-state index contributed by atoms with van der Waals surface area (Å²) in [6, 6.07) is 5.22. The van der Waals surface area contributed by atoms with E-state index in [0.717, 1.165) is 18.2 Å². The number of nitrogens with zero attached hydrogens (tertiary/aromatic N) is 2. The molecule has 2 aromatic carbocycles. The first-order valence-corrected chi connectivity index (χ1v) is 8.81. The van der Waals surface area contributed by atoms with Crippen molar-refractivity contribution in [1.29, 1.82) is 0 Å². The van der Waals surface area contributed by atoms with E-state index in [9.17, 15) is 22.0 Å². The number of imidazole rings is 1. The number of halogens is 3. The number of aromatic nitrogens is 2. The van der Waals surface area contributed by atoms with Crippen LogP contribution in [0.25, 0.3) is 11.0 Å². The molecule has 0 amide bonds. The van der Waals surface area contributed by atoms with E-state index in [-0.39, 0.29) is 21.3 Å². The highest BCUT2D eigenvalue weighted by atomic mass is 35.5. The van der Waals surface area contributed by atoms with Gasteiger partial charge in [-0.25, -0.2) is 22.0 Å². The van der Waals surface area contributed by atoms with Gasteiger partial charge in [0.25, 0.3) is 10.0 Å². The fourth-order valence-corrected chi connectivity index (χ4v) is 4.07. The van der Waals surface area contributed by atoms with Crippen LogP contribution in [0.3, 0.4) is 0 Å². The van der Waals surface area contributed by atoms with Gasteiger partial charge in [0, 0.05) is 20.2 Å². The lowest BCUT2D eigenvalue weighted by atomic mass is 10.3. The van der Waals surface area contributed by atoms with Crippen molar-refractivity contribution >= 4 is 38.3 Å². The summed E-state index contributed by atoms with van der Waals surface area (Å²) in [5, 5.41) is -0.108. The summed E-state index contributed by atoms with van der Waals surface area (Å²) in [6.45, 7) is 0. The zero-order chi connectivity index (χ0) is 18.5. The van der Waals surface area contributed by atoms with Crippen LogP contribution in [0.15, 0.2) is 40.0 Å². The van der Waals surface area contributed by atoms with Gasteiger partial charge in [-0.1, -0.05) is 11.6 Å². The lowest BCUT2D eigenvalue weighted by Crippen LogP contribution is -2.19. The molecule has 0 bridgehead atoms. The molecule has 0 aliphatic heterocycles. The molecule has 1 aromatic heterocycles. The molecular formula is C15H12ClF2N3O3S. The Hall–Kier alpha value is -2.39. The van der Waals surface area contributed by atoms with Crippen LogP contribution < -0.4 is 10.4 Å². The molecule has 10 heteroatoms. The third-order valence-corrected chi connectivity index (χ3v) is 5.63. The molecule has 0 radical (unpaired) electrons. The molecular weight excluding hydrogens is 376 g/mol. The van der Waals surface area contributed by atoms with Crippen molar-refractivity contribution in [3.05, 3.63) is 57.5 Å². The molecule has 0 saturated carbocycles. The van der Waals surface area contributed by atoms with Crippen LogP contribution >= 0.6 is 11.6 Å². The molecule has 0 spiro atoms. The van der Waals surface area contributed by atoms with Gasteiger partial charge in [0.2, 0.25) is 0 Å². The summed E-state index contributed by atoms with van der Waals surface area (Å²) in [6.07, 6.45) is 0. The maximum absolute atomic E-state index is 13.3. The topological polar surface area (TPSA) is 73.1 Å². The minimum Gasteiger partial charge on any atom is -0.295 e. The van der Waals surface area contributed by atoms with E-state index in [1.165, 1.54) is 35.4 Å². The maximum Gasteiger partial charge on any atom is 0.328 e. The van der Waals surface area contributed by atoms with Crippen molar-refractivity contribution in [2.45, 2.75) is 4.90 Å². The van der Waals surface area contributed by atoms with Crippen LogP contribution in [0.5, 0.6) is 0 Å². The Morgan fingerprint density at radius 1 is 1.00 bits per heavy atom. The highest BCUT2D eigenvalue weighted by molar-refractivity contribution is 7.92. The van der Waals surface area contributed by atoms with E-state index < -0.39 is 21.7 Å². The lowest BCUT2D eigenvalue weighted by molar-refractivity contribution is 0.509. The van der Waals surface area contributed by atoms with Gasteiger partial charge in [0.05, 0.1) is 21.7 Å². The monoisotopic (exact) mass is 387 g/mol. The molecule has 3 rings (SSSR count). The Labute approximate surface area is 146 Å². The molecule has 1 heterocycles. The first kappa shape index (κ1) is 17.4. The normalized spacial score (nSPS) is 11.9. The Balaban J connectivity index is 2.13. The number of aryl methyl sites for hydroxylation is 2. The highest BCUT2D eigenvalue weighted by Crippen LogP contribution is 2.28. The van der Waals surface area contributed by atoms with E-state index in [0.29, 0.717) is 11.0 Å². The fraction of sp³-hybridized carbons (Fsp3) is 0.133. The largest absolute Gasteiger partial charge is 0.328 e. The van der Waals surface area contributed by atoms with Crippen molar-refractivity contribution in [3.63, 3.8) is 0 Å². The molecule has 0 aliphatic carbocycles. The predicted octanol–water partition coefficient (Wildman–Crippen LogP) is 2.61. The summed E-state index contributed by atoms with van der Waals surface area (Å²) in [4.78, 5) is 11.7. The molecule has 132 valence electrons. The van der Waals surface area contributed by atoms with Gasteiger partial charge in [0.15, 0.2) is 11.6 Å². The number of benzene rings is 2. The average Bonchev–Trinajstić information content (AvgIpc) is 2.74. The van der Waals surface area contributed by atoms with Crippen molar-refractivity contribution in [3.8, 4) is 0 Å².